The number of thiophene rings is 1. The van der Waals surface area contributed by atoms with E-state index in [4.69, 9.17) is 0 Å². The Balaban J connectivity index is 1.89. The van der Waals surface area contributed by atoms with E-state index in [0.717, 1.165) is 18.2 Å². The summed E-state index contributed by atoms with van der Waals surface area (Å²) in [5.41, 5.74) is 2.43. The third-order valence-corrected chi connectivity index (χ3v) is 4.90. The summed E-state index contributed by atoms with van der Waals surface area (Å²) in [6.45, 7) is -0.251. The molecule has 1 aliphatic rings. The van der Waals surface area contributed by atoms with Crippen LogP contribution in [-0.2, 0) is 6.42 Å². The average molecular weight is 246 g/mol. The van der Waals surface area contributed by atoms with Crippen molar-refractivity contribution in [2.45, 2.75) is 21.8 Å². The molecule has 1 nitrogen and oxygen atoms in total. The molecule has 4 heteroatoms. The van der Waals surface area contributed by atoms with Crippen molar-refractivity contribution in [2.24, 2.45) is 0 Å². The summed E-state index contributed by atoms with van der Waals surface area (Å²) in [5, 5.41) is 11.9. The van der Waals surface area contributed by atoms with Crippen molar-refractivity contribution < 1.29 is 5.02 Å². The van der Waals surface area contributed by atoms with E-state index in [2.05, 4.69) is 35.7 Å². The highest BCUT2D eigenvalue weighted by Gasteiger charge is 2.24. The van der Waals surface area contributed by atoms with Crippen LogP contribution < -0.4 is 5.46 Å². The topological polar surface area (TPSA) is 20.2 Å². The smallest absolute Gasteiger partial charge is 0.324 e. The van der Waals surface area contributed by atoms with Crippen molar-refractivity contribution in [3.63, 3.8) is 0 Å². The van der Waals surface area contributed by atoms with Gasteiger partial charge in [0.2, 0.25) is 0 Å². The first-order valence-corrected chi connectivity index (χ1v) is 7.05. The van der Waals surface area contributed by atoms with Gasteiger partial charge in [-0.05, 0) is 35.7 Å². The zero-order chi connectivity index (χ0) is 11.0. The second-order valence-corrected chi connectivity index (χ2v) is 6.27. The van der Waals surface area contributed by atoms with Crippen molar-refractivity contribution in [1.29, 1.82) is 0 Å². The fourth-order valence-electron chi connectivity index (χ4n) is 2.06. The van der Waals surface area contributed by atoms with Crippen LogP contribution in [0.4, 0.5) is 0 Å². The van der Waals surface area contributed by atoms with Gasteiger partial charge in [-0.2, -0.15) is 0 Å². The Morgan fingerprint density at radius 3 is 3.06 bits per heavy atom. The number of rotatable bonds is 2. The van der Waals surface area contributed by atoms with Crippen LogP contribution in [-0.4, -0.2) is 11.9 Å². The second kappa shape index (κ2) is 4.28. The van der Waals surface area contributed by atoms with Gasteiger partial charge in [0.15, 0.2) is 0 Å². The van der Waals surface area contributed by atoms with E-state index < -0.39 is 0 Å². The molecule has 0 amide bonds. The van der Waals surface area contributed by atoms with Crippen LogP contribution in [0.2, 0.25) is 6.32 Å². The normalized spacial score (nSPS) is 14.2. The van der Waals surface area contributed by atoms with Crippen LogP contribution in [0.25, 0.3) is 0 Å². The monoisotopic (exact) mass is 246 g/mol. The van der Waals surface area contributed by atoms with E-state index in [-0.39, 0.29) is 6.92 Å². The minimum Gasteiger partial charge on any atom is -0.446 e. The Morgan fingerprint density at radius 2 is 2.25 bits per heavy atom. The van der Waals surface area contributed by atoms with Crippen LogP contribution in [0.1, 0.15) is 5.56 Å². The Bertz CT molecular complexity index is 496. The highest BCUT2D eigenvalue weighted by molar-refractivity contribution is 8.01. The summed E-state index contributed by atoms with van der Waals surface area (Å²) in [7, 11) is 0. The molecule has 80 valence electrons. The Kier molecular flexibility index (Phi) is 2.80. The van der Waals surface area contributed by atoms with Gasteiger partial charge in [-0.1, -0.05) is 35.5 Å². The highest BCUT2D eigenvalue weighted by Crippen LogP contribution is 2.31. The zero-order valence-corrected chi connectivity index (χ0v) is 10.4. The van der Waals surface area contributed by atoms with E-state index in [9.17, 15) is 5.02 Å². The summed E-state index contributed by atoms with van der Waals surface area (Å²) in [4.78, 5) is 1.22. The molecule has 16 heavy (non-hydrogen) atoms. The van der Waals surface area contributed by atoms with E-state index in [1.165, 1.54) is 14.7 Å². The molecule has 0 spiro atoms. The fourth-order valence-corrected chi connectivity index (χ4v) is 3.86. The van der Waals surface area contributed by atoms with Crippen LogP contribution in [0, 0.1) is 0 Å². The van der Waals surface area contributed by atoms with Crippen LogP contribution in [0.3, 0.4) is 0 Å². The molecule has 0 bridgehead atoms. The first kappa shape index (κ1) is 10.4. The van der Waals surface area contributed by atoms with Gasteiger partial charge in [0.1, 0.15) is 0 Å². The quantitative estimate of drug-likeness (QED) is 0.822. The summed E-state index contributed by atoms with van der Waals surface area (Å²) < 4.78 is 1.30. The molecule has 1 aliphatic heterocycles. The maximum atomic E-state index is 9.83. The van der Waals surface area contributed by atoms with Gasteiger partial charge in [0.25, 0.3) is 0 Å². The van der Waals surface area contributed by atoms with Crippen LogP contribution in [0.5, 0.6) is 0 Å². The lowest BCUT2D eigenvalue weighted by Gasteiger charge is -2.04. The molecule has 1 aromatic carbocycles. The lowest BCUT2D eigenvalue weighted by Crippen LogP contribution is -2.25. The maximum absolute atomic E-state index is 9.83. The number of benzene rings is 1. The summed E-state index contributed by atoms with van der Waals surface area (Å²) in [6.07, 6.45) is 1.89. The Hall–Kier alpha value is -0.705. The van der Waals surface area contributed by atoms with Gasteiger partial charge in [-0.3, -0.25) is 0 Å². The van der Waals surface area contributed by atoms with Crippen molar-refractivity contribution in [1.82, 2.24) is 0 Å². The Labute approximate surface area is 104 Å². The molecule has 3 rings (SSSR count). The average Bonchev–Trinajstić information content (AvgIpc) is 2.90. The molecule has 0 unspecified atom stereocenters. The third-order valence-electron chi connectivity index (χ3n) is 2.88. The number of hydrogen-bond donors (Lipinski definition) is 1. The molecule has 1 N–H and O–H groups in total. The second-order valence-electron chi connectivity index (χ2n) is 3.95. The molecule has 0 saturated carbocycles. The predicted octanol–water partition coefficient (Wildman–Crippen LogP) is 2.65. The summed E-state index contributed by atoms with van der Waals surface area (Å²) >= 11 is 3.52. The van der Waals surface area contributed by atoms with Gasteiger partial charge in [-0.15, -0.1) is 11.3 Å². The van der Waals surface area contributed by atoms with E-state index in [1.54, 1.807) is 23.1 Å². The molecule has 0 atom stereocenters. The van der Waals surface area contributed by atoms with E-state index >= 15 is 0 Å². The predicted molar refractivity (Wildman–Crippen MR) is 71.0 cm³/mol. The van der Waals surface area contributed by atoms with Gasteiger partial charge in [0, 0.05) is 4.90 Å². The van der Waals surface area contributed by atoms with Crippen LogP contribution in [0.15, 0.2) is 44.8 Å². The maximum Gasteiger partial charge on any atom is 0.324 e. The molecular formula is C12H11BOS2. The number of aryl methyl sites for hydroxylation is 1. The fraction of sp³-hybridized carbons (Fsp3) is 0.167. The van der Waals surface area contributed by atoms with E-state index in [1.807, 2.05) is 0 Å². The Morgan fingerprint density at radius 1 is 1.31 bits per heavy atom. The van der Waals surface area contributed by atoms with Gasteiger partial charge < -0.3 is 5.02 Å². The first-order valence-electron chi connectivity index (χ1n) is 5.35. The van der Waals surface area contributed by atoms with Crippen molar-refractivity contribution in [3.05, 3.63) is 41.3 Å². The highest BCUT2D eigenvalue weighted by atomic mass is 32.2. The molecular weight excluding hydrogens is 235 g/mol. The van der Waals surface area contributed by atoms with Crippen molar-refractivity contribution >= 4 is 35.5 Å². The number of hydrogen-bond acceptors (Lipinski definition) is 3. The van der Waals surface area contributed by atoms with Gasteiger partial charge in [-0.25, -0.2) is 0 Å². The lowest BCUT2D eigenvalue weighted by atomic mass is 9.63. The van der Waals surface area contributed by atoms with Crippen LogP contribution >= 0.6 is 23.1 Å². The lowest BCUT2D eigenvalue weighted by molar-refractivity contribution is 0.587. The first-order chi connectivity index (χ1) is 7.83. The molecule has 0 saturated heterocycles. The molecule has 2 aromatic rings. The summed E-state index contributed by atoms with van der Waals surface area (Å²) in [5.74, 6) is 0. The van der Waals surface area contributed by atoms with Crippen molar-refractivity contribution in [3.8, 4) is 0 Å². The van der Waals surface area contributed by atoms with Gasteiger partial charge in [0.05, 0.1) is 4.21 Å². The third kappa shape index (κ3) is 1.93. The molecule has 2 heterocycles. The number of fused-ring (bicyclic) bond motifs is 1. The summed E-state index contributed by atoms with van der Waals surface area (Å²) in [6, 6.07) is 10.6. The molecule has 1 aromatic heterocycles. The standard InChI is InChI=1S/C12H11BOS2/c14-13-6-5-9-3-4-10(8-11(9)13)16-12-2-1-7-15-12/h1-4,7-8,14H,5-6H2. The minimum atomic E-state index is -0.251. The minimum absolute atomic E-state index is 0.251. The molecule has 0 fully saturated rings. The SMILES string of the molecule is OB1CCc2ccc(Sc3cccs3)cc21. The van der Waals surface area contributed by atoms with Crippen molar-refractivity contribution in [2.75, 3.05) is 0 Å². The largest absolute Gasteiger partial charge is 0.446 e. The van der Waals surface area contributed by atoms with Gasteiger partial charge >= 0.3 is 6.92 Å². The molecule has 0 aliphatic carbocycles. The molecule has 0 radical (unpaired) electrons. The zero-order valence-electron chi connectivity index (χ0n) is 8.72. The van der Waals surface area contributed by atoms with E-state index in [0.29, 0.717) is 0 Å².